The van der Waals surface area contributed by atoms with E-state index in [1.807, 2.05) is 35.6 Å². The number of para-hydroxylation sites is 2. The van der Waals surface area contributed by atoms with Gasteiger partial charge in [-0.2, -0.15) is 0 Å². The molecule has 2 heterocycles. The van der Waals surface area contributed by atoms with Crippen molar-refractivity contribution in [3.8, 4) is 17.4 Å². The van der Waals surface area contributed by atoms with E-state index in [4.69, 9.17) is 9.47 Å². The first-order chi connectivity index (χ1) is 16.2. The molecule has 33 heavy (non-hydrogen) atoms. The van der Waals surface area contributed by atoms with Crippen molar-refractivity contribution in [1.82, 2.24) is 19.6 Å². The number of aromatic nitrogens is 4. The van der Waals surface area contributed by atoms with Crippen LogP contribution in [0.3, 0.4) is 0 Å². The molecule has 8 nitrogen and oxygen atoms in total. The zero-order valence-corrected chi connectivity index (χ0v) is 17.9. The average molecular weight is 439 g/mol. The van der Waals surface area contributed by atoms with Crippen LogP contribution in [0.4, 0.5) is 5.69 Å². The fraction of sp³-hybridized carbons (Fsp3) is 0.120. The van der Waals surface area contributed by atoms with Gasteiger partial charge in [-0.15, -0.1) is 10.2 Å². The van der Waals surface area contributed by atoms with E-state index < -0.39 is 0 Å². The van der Waals surface area contributed by atoms with Gasteiger partial charge in [0.05, 0.1) is 17.6 Å². The number of hydrogen-bond acceptors (Lipinski definition) is 6. The molecule has 0 spiro atoms. The highest BCUT2D eigenvalue weighted by molar-refractivity contribution is 6.04. The molecule has 0 aliphatic carbocycles. The number of carbonyl (C=O) groups excluding carboxylic acids is 1. The number of fused-ring (bicyclic) bond motifs is 3. The van der Waals surface area contributed by atoms with Gasteiger partial charge in [0, 0.05) is 11.3 Å². The molecule has 0 fully saturated rings. The molecule has 0 unspecified atom stereocenters. The van der Waals surface area contributed by atoms with Crippen LogP contribution < -0.4 is 14.8 Å². The molecule has 0 radical (unpaired) electrons. The molecule has 0 saturated heterocycles. The monoisotopic (exact) mass is 439 g/mol. The Balaban J connectivity index is 1.30. The summed E-state index contributed by atoms with van der Waals surface area (Å²) >= 11 is 0. The van der Waals surface area contributed by atoms with E-state index in [0.717, 1.165) is 23.2 Å². The van der Waals surface area contributed by atoms with Crippen molar-refractivity contribution in [3.63, 3.8) is 0 Å². The zero-order valence-electron chi connectivity index (χ0n) is 17.9. The lowest BCUT2D eigenvalue weighted by atomic mass is 10.2. The number of ether oxygens (including phenoxy) is 2. The summed E-state index contributed by atoms with van der Waals surface area (Å²) in [5, 5.41) is 11.0. The number of carbonyl (C=O) groups is 1. The van der Waals surface area contributed by atoms with Crippen LogP contribution in [0.2, 0.25) is 0 Å². The maximum atomic E-state index is 12.5. The smallest absolute Gasteiger partial charge is 0.266 e. The summed E-state index contributed by atoms with van der Waals surface area (Å²) in [6.45, 7) is 2.70. The van der Waals surface area contributed by atoms with Crippen molar-refractivity contribution in [3.05, 3.63) is 84.7 Å². The van der Waals surface area contributed by atoms with E-state index in [2.05, 4.69) is 20.5 Å². The Bertz CT molecular complexity index is 1410. The Kier molecular flexibility index (Phi) is 5.55. The van der Waals surface area contributed by atoms with Crippen LogP contribution in [-0.2, 0) is 0 Å². The summed E-state index contributed by atoms with van der Waals surface area (Å²) in [7, 11) is 0. The van der Waals surface area contributed by atoms with Gasteiger partial charge in [-0.05, 0) is 67.1 Å². The summed E-state index contributed by atoms with van der Waals surface area (Å²) < 4.78 is 13.4. The van der Waals surface area contributed by atoms with Crippen molar-refractivity contribution >= 4 is 28.3 Å². The van der Waals surface area contributed by atoms with E-state index in [1.165, 1.54) is 0 Å². The molecule has 2 aromatic heterocycles. The first-order valence-corrected chi connectivity index (χ1v) is 10.6. The maximum Gasteiger partial charge on any atom is 0.266 e. The second-order valence-electron chi connectivity index (χ2n) is 7.38. The number of hydrogen-bond donors (Lipinski definition) is 1. The standard InChI is InChI=1S/C25H21N5O3/c1-2-15-32-19-11-7-17(8-12-19)24(31)27-18-9-13-20(14-10-18)33-25-23-29-26-16-30(23)22-6-4-3-5-21(22)28-25/h3-14,16H,2,15H2,1H3,(H,27,31). The molecule has 164 valence electrons. The third-order valence-electron chi connectivity index (χ3n) is 5.02. The van der Waals surface area contributed by atoms with Crippen LogP contribution >= 0.6 is 0 Å². The van der Waals surface area contributed by atoms with Crippen LogP contribution in [0.1, 0.15) is 23.7 Å². The summed E-state index contributed by atoms with van der Waals surface area (Å²) in [4.78, 5) is 17.1. The lowest BCUT2D eigenvalue weighted by molar-refractivity contribution is 0.102. The molecule has 0 bridgehead atoms. The largest absolute Gasteiger partial charge is 0.494 e. The summed E-state index contributed by atoms with van der Waals surface area (Å²) in [6, 6.07) is 21.9. The van der Waals surface area contributed by atoms with Gasteiger partial charge in [-0.25, -0.2) is 4.98 Å². The number of nitrogens with one attached hydrogen (secondary N) is 1. The van der Waals surface area contributed by atoms with Gasteiger partial charge >= 0.3 is 0 Å². The Morgan fingerprint density at radius 1 is 0.970 bits per heavy atom. The van der Waals surface area contributed by atoms with Crippen LogP contribution in [-0.4, -0.2) is 32.1 Å². The third kappa shape index (κ3) is 4.31. The average Bonchev–Trinajstić information content (AvgIpc) is 3.35. The molecule has 8 heteroatoms. The molecule has 0 atom stereocenters. The van der Waals surface area contributed by atoms with Crippen LogP contribution in [0.15, 0.2) is 79.1 Å². The van der Waals surface area contributed by atoms with E-state index in [-0.39, 0.29) is 5.91 Å². The van der Waals surface area contributed by atoms with Gasteiger partial charge < -0.3 is 14.8 Å². The Morgan fingerprint density at radius 3 is 2.52 bits per heavy atom. The molecule has 5 rings (SSSR count). The number of rotatable bonds is 7. The van der Waals surface area contributed by atoms with Crippen molar-refractivity contribution < 1.29 is 14.3 Å². The molecular formula is C25H21N5O3. The van der Waals surface area contributed by atoms with Crippen molar-refractivity contribution in [1.29, 1.82) is 0 Å². The van der Waals surface area contributed by atoms with E-state index in [0.29, 0.717) is 35.1 Å². The SMILES string of the molecule is CCCOc1ccc(C(=O)Nc2ccc(Oc3nc4ccccc4n4cnnc34)cc2)cc1. The predicted octanol–water partition coefficient (Wildman–Crippen LogP) is 5.11. The molecule has 1 amide bonds. The Labute approximate surface area is 189 Å². The normalized spacial score (nSPS) is 10.9. The van der Waals surface area contributed by atoms with Crippen molar-refractivity contribution in [2.45, 2.75) is 13.3 Å². The zero-order chi connectivity index (χ0) is 22.6. The second kappa shape index (κ2) is 8.96. The Morgan fingerprint density at radius 2 is 1.73 bits per heavy atom. The second-order valence-corrected chi connectivity index (χ2v) is 7.38. The highest BCUT2D eigenvalue weighted by Gasteiger charge is 2.13. The lowest BCUT2D eigenvalue weighted by Crippen LogP contribution is -2.11. The number of benzene rings is 3. The quantitative estimate of drug-likeness (QED) is 0.379. The highest BCUT2D eigenvalue weighted by Crippen LogP contribution is 2.27. The third-order valence-corrected chi connectivity index (χ3v) is 5.02. The number of nitrogens with zero attached hydrogens (tertiary/aromatic N) is 4. The predicted molar refractivity (Wildman–Crippen MR) is 125 cm³/mol. The van der Waals surface area contributed by atoms with Gasteiger partial charge in [0.15, 0.2) is 0 Å². The van der Waals surface area contributed by atoms with Gasteiger partial charge in [0.1, 0.15) is 17.8 Å². The van der Waals surface area contributed by atoms with E-state index in [9.17, 15) is 4.79 Å². The first kappa shape index (κ1) is 20.4. The summed E-state index contributed by atoms with van der Waals surface area (Å²) in [5.41, 5.74) is 3.40. The minimum Gasteiger partial charge on any atom is -0.494 e. The fourth-order valence-corrected chi connectivity index (χ4v) is 3.39. The van der Waals surface area contributed by atoms with Crippen LogP contribution in [0.5, 0.6) is 17.4 Å². The van der Waals surface area contributed by atoms with Gasteiger partial charge in [0.25, 0.3) is 11.8 Å². The molecular weight excluding hydrogens is 418 g/mol. The van der Waals surface area contributed by atoms with Gasteiger partial charge in [0.2, 0.25) is 5.65 Å². The molecule has 3 aromatic carbocycles. The fourth-order valence-electron chi connectivity index (χ4n) is 3.39. The summed E-state index contributed by atoms with van der Waals surface area (Å²) in [5.74, 6) is 1.47. The molecule has 1 N–H and O–H groups in total. The van der Waals surface area contributed by atoms with Crippen LogP contribution in [0, 0.1) is 0 Å². The topological polar surface area (TPSA) is 90.6 Å². The number of anilines is 1. The minimum atomic E-state index is -0.202. The van der Waals surface area contributed by atoms with Crippen LogP contribution in [0.25, 0.3) is 16.7 Å². The van der Waals surface area contributed by atoms with E-state index in [1.54, 1.807) is 54.9 Å². The van der Waals surface area contributed by atoms with E-state index >= 15 is 0 Å². The summed E-state index contributed by atoms with van der Waals surface area (Å²) in [6.07, 6.45) is 2.57. The van der Waals surface area contributed by atoms with Gasteiger partial charge in [-0.3, -0.25) is 9.20 Å². The number of amides is 1. The lowest BCUT2D eigenvalue weighted by Gasteiger charge is -2.10. The highest BCUT2D eigenvalue weighted by atomic mass is 16.5. The van der Waals surface area contributed by atoms with Crippen molar-refractivity contribution in [2.24, 2.45) is 0 Å². The molecule has 0 aliphatic rings. The van der Waals surface area contributed by atoms with Crippen molar-refractivity contribution in [2.75, 3.05) is 11.9 Å². The Hall–Kier alpha value is -4.46. The molecule has 5 aromatic rings. The molecule has 0 saturated carbocycles. The maximum absolute atomic E-state index is 12.5. The van der Waals surface area contributed by atoms with Gasteiger partial charge in [-0.1, -0.05) is 19.1 Å². The minimum absolute atomic E-state index is 0.202. The first-order valence-electron chi connectivity index (χ1n) is 10.6. The molecule has 0 aliphatic heterocycles.